The average Bonchev–Trinajstić information content (AvgIpc) is 2.29. The average molecular weight is 212 g/mol. The number of methoxy groups -OCH3 is 2. The van der Waals surface area contributed by atoms with E-state index in [1.807, 2.05) is 0 Å². The van der Waals surface area contributed by atoms with Crippen LogP contribution in [-0.2, 0) is 6.54 Å². The summed E-state index contributed by atoms with van der Waals surface area (Å²) in [5, 5.41) is 21.5. The number of benzene rings is 1. The normalized spacial score (nSPS) is 11.2. The molecule has 6 heteroatoms. The van der Waals surface area contributed by atoms with Gasteiger partial charge in [0.15, 0.2) is 5.28 Å². The van der Waals surface area contributed by atoms with Gasteiger partial charge in [-0.3, -0.25) is 0 Å². The van der Waals surface area contributed by atoms with E-state index in [0.29, 0.717) is 17.1 Å². The van der Waals surface area contributed by atoms with Gasteiger partial charge in [-0.05, 0) is 12.1 Å². The van der Waals surface area contributed by atoms with Gasteiger partial charge in [-0.1, -0.05) is 4.86 Å². The maximum Gasteiger partial charge on any atom is 0.212 e. The lowest BCUT2D eigenvalue weighted by molar-refractivity contribution is -0.570. The molecule has 0 atom stereocenters. The summed E-state index contributed by atoms with van der Waals surface area (Å²) < 4.78 is 10.1. The smallest absolute Gasteiger partial charge is 0.212 e. The molecule has 1 N–H and O–H groups in total. The Kier molecular flexibility index (Phi) is 3.73. The minimum absolute atomic E-state index is 0.0797. The van der Waals surface area contributed by atoms with E-state index < -0.39 is 0 Å². The Morgan fingerprint density at radius 1 is 1.40 bits per heavy atom. The Labute approximate surface area is 86.9 Å². The molecule has 15 heavy (non-hydrogen) atoms. The molecule has 0 aliphatic rings. The molecule has 0 aliphatic heterocycles. The van der Waals surface area contributed by atoms with E-state index in [-0.39, 0.29) is 11.4 Å². The molecule has 0 aromatic heterocycles. The predicted molar refractivity (Wildman–Crippen MR) is 51.1 cm³/mol. The van der Waals surface area contributed by atoms with Gasteiger partial charge in [0.1, 0.15) is 11.5 Å². The van der Waals surface area contributed by atoms with E-state index in [2.05, 4.69) is 5.28 Å². The molecule has 0 fully saturated rings. The second kappa shape index (κ2) is 5.04. The lowest BCUT2D eigenvalue weighted by Gasteiger charge is -2.08. The van der Waals surface area contributed by atoms with E-state index in [0.717, 1.165) is 0 Å². The summed E-state index contributed by atoms with van der Waals surface area (Å²) in [6.07, 6.45) is 0. The number of hydrogen-bond acceptors (Lipinski definition) is 4. The molecule has 0 aliphatic carbocycles. The van der Waals surface area contributed by atoms with Gasteiger partial charge in [0.25, 0.3) is 0 Å². The molecule has 0 spiro atoms. The Balaban J connectivity index is 2.97. The zero-order valence-electron chi connectivity index (χ0n) is 8.51. The van der Waals surface area contributed by atoms with Gasteiger partial charge in [0, 0.05) is 6.07 Å². The molecular weight excluding hydrogens is 200 g/mol. The summed E-state index contributed by atoms with van der Waals surface area (Å²) in [6, 6.07) is 5.03. The van der Waals surface area contributed by atoms with Gasteiger partial charge in [0.05, 0.1) is 19.8 Å². The predicted octanol–water partition coefficient (Wildman–Crippen LogP) is 1.56. The van der Waals surface area contributed by atoms with Crippen LogP contribution in [0.2, 0.25) is 0 Å². The highest BCUT2D eigenvalue weighted by Gasteiger charge is 2.09. The number of nitrogens with zero attached hydrogens (tertiary/aromatic N) is 2. The first-order valence-electron chi connectivity index (χ1n) is 4.22. The van der Waals surface area contributed by atoms with Crippen LogP contribution >= 0.6 is 0 Å². The van der Waals surface area contributed by atoms with E-state index in [4.69, 9.17) is 14.7 Å². The van der Waals surface area contributed by atoms with Gasteiger partial charge in [-0.15, -0.1) is 0 Å². The minimum Gasteiger partial charge on any atom is -0.597 e. The van der Waals surface area contributed by atoms with Crippen molar-refractivity contribution in [2.24, 2.45) is 5.28 Å². The van der Waals surface area contributed by atoms with Crippen molar-refractivity contribution in [3.05, 3.63) is 29.0 Å². The highest BCUT2D eigenvalue weighted by molar-refractivity contribution is 5.40. The summed E-state index contributed by atoms with van der Waals surface area (Å²) in [6.45, 7) is -0.0797. The third-order valence-corrected chi connectivity index (χ3v) is 1.90. The molecule has 0 heterocycles. The molecule has 82 valence electrons. The lowest BCUT2D eigenvalue weighted by Crippen LogP contribution is -2.02. The third-order valence-electron chi connectivity index (χ3n) is 1.90. The van der Waals surface area contributed by atoms with Crippen molar-refractivity contribution >= 4 is 0 Å². The summed E-state index contributed by atoms with van der Waals surface area (Å²) >= 11 is 0. The Morgan fingerprint density at radius 3 is 2.67 bits per heavy atom. The zero-order chi connectivity index (χ0) is 11.3. The quantitative estimate of drug-likeness (QED) is 0.466. The summed E-state index contributed by atoms with van der Waals surface area (Å²) in [5.74, 6) is 1.15. The standard InChI is InChI=1S/C9H12N2O4/c1-14-8-4-3-7(6-11(13)10-12)9(5-8)15-2/h3-5,12H,6H2,1-2H3/b11-10-. The van der Waals surface area contributed by atoms with Crippen LogP contribution in [0.4, 0.5) is 0 Å². The van der Waals surface area contributed by atoms with Crippen molar-refractivity contribution in [2.45, 2.75) is 6.54 Å². The van der Waals surface area contributed by atoms with Crippen LogP contribution in [0.25, 0.3) is 0 Å². The molecular formula is C9H12N2O4. The monoisotopic (exact) mass is 212 g/mol. The minimum atomic E-state index is -0.0797. The van der Waals surface area contributed by atoms with Crippen LogP contribution < -0.4 is 9.47 Å². The van der Waals surface area contributed by atoms with E-state index in [9.17, 15) is 5.21 Å². The third kappa shape index (κ3) is 2.73. The largest absolute Gasteiger partial charge is 0.597 e. The fourth-order valence-electron chi connectivity index (χ4n) is 1.16. The molecule has 0 saturated heterocycles. The molecule has 6 nitrogen and oxygen atoms in total. The molecule has 1 rings (SSSR count). The van der Waals surface area contributed by atoms with Crippen LogP contribution in [0.1, 0.15) is 5.56 Å². The van der Waals surface area contributed by atoms with Crippen LogP contribution in [0.3, 0.4) is 0 Å². The fourth-order valence-corrected chi connectivity index (χ4v) is 1.16. The molecule has 0 bridgehead atoms. The molecule has 0 saturated carbocycles. The van der Waals surface area contributed by atoms with Crippen molar-refractivity contribution in [1.29, 1.82) is 0 Å². The summed E-state index contributed by atoms with van der Waals surface area (Å²) in [4.78, 5) is 0.157. The van der Waals surface area contributed by atoms with Gasteiger partial charge in [0.2, 0.25) is 6.54 Å². The zero-order valence-corrected chi connectivity index (χ0v) is 8.51. The van der Waals surface area contributed by atoms with Crippen molar-refractivity contribution in [3.8, 4) is 11.5 Å². The maximum absolute atomic E-state index is 10.8. The number of hydrogen-bond donors (Lipinski definition) is 1. The number of hydroxylamine groups is 1. The van der Waals surface area contributed by atoms with E-state index >= 15 is 0 Å². The van der Waals surface area contributed by atoms with Crippen molar-refractivity contribution in [1.82, 2.24) is 0 Å². The van der Waals surface area contributed by atoms with Gasteiger partial charge < -0.3 is 19.9 Å². The maximum atomic E-state index is 10.8. The van der Waals surface area contributed by atoms with Gasteiger partial charge >= 0.3 is 0 Å². The van der Waals surface area contributed by atoms with Crippen LogP contribution in [0.5, 0.6) is 11.5 Å². The van der Waals surface area contributed by atoms with Crippen LogP contribution in [0, 0.1) is 5.21 Å². The Hall–Kier alpha value is -1.98. The first-order valence-corrected chi connectivity index (χ1v) is 4.22. The summed E-state index contributed by atoms with van der Waals surface area (Å²) in [5.41, 5.74) is 0.617. The number of ether oxygens (including phenoxy) is 2. The Morgan fingerprint density at radius 2 is 2.13 bits per heavy atom. The first kappa shape index (κ1) is 11.1. The lowest BCUT2D eigenvalue weighted by atomic mass is 10.2. The second-order valence-electron chi connectivity index (χ2n) is 2.78. The molecule has 0 amide bonds. The SMILES string of the molecule is COc1ccc(C/[N+]([O-])=N/O)c(OC)c1. The van der Waals surface area contributed by atoms with Gasteiger partial charge in [-0.2, -0.15) is 0 Å². The molecule has 1 aromatic carbocycles. The topological polar surface area (TPSA) is 77.1 Å². The van der Waals surface area contributed by atoms with Gasteiger partial charge in [-0.25, -0.2) is 0 Å². The second-order valence-corrected chi connectivity index (χ2v) is 2.78. The molecule has 0 radical (unpaired) electrons. The van der Waals surface area contributed by atoms with Crippen LogP contribution in [-0.4, -0.2) is 24.3 Å². The summed E-state index contributed by atoms with van der Waals surface area (Å²) in [7, 11) is 3.03. The highest BCUT2D eigenvalue weighted by Crippen LogP contribution is 2.24. The van der Waals surface area contributed by atoms with Crippen molar-refractivity contribution < 1.29 is 19.5 Å². The van der Waals surface area contributed by atoms with Crippen molar-refractivity contribution in [2.75, 3.05) is 14.2 Å². The molecule has 1 aromatic rings. The van der Waals surface area contributed by atoms with Crippen LogP contribution in [0.15, 0.2) is 23.5 Å². The highest BCUT2D eigenvalue weighted by atomic mass is 16.6. The van der Waals surface area contributed by atoms with Crippen molar-refractivity contribution in [3.63, 3.8) is 0 Å². The Bertz CT molecular complexity index is 365. The fraction of sp³-hybridized carbons (Fsp3) is 0.333. The van der Waals surface area contributed by atoms with E-state index in [1.54, 1.807) is 18.2 Å². The molecule has 0 unspecified atom stereocenters. The van der Waals surface area contributed by atoms with E-state index in [1.165, 1.54) is 14.2 Å². The first-order chi connectivity index (χ1) is 7.21. The number of rotatable bonds is 4.